The van der Waals surface area contributed by atoms with Crippen LogP contribution in [-0.2, 0) is 39.0 Å². The van der Waals surface area contributed by atoms with Gasteiger partial charge in [0.1, 0.15) is 0 Å². The van der Waals surface area contributed by atoms with Gasteiger partial charge in [-0.3, -0.25) is 0 Å². The molecule has 4 rings (SSSR count). The molecule has 2 aliphatic carbocycles. The number of thiophene rings is 2. The molecule has 1 radical (unpaired) electrons. The van der Waals surface area contributed by atoms with Crippen LogP contribution in [0.3, 0.4) is 0 Å². The molecule has 0 fully saturated rings. The summed E-state index contributed by atoms with van der Waals surface area (Å²) in [6, 6.07) is 4.39. The smallest absolute Gasteiger partial charge is 1.00 e. The van der Waals surface area contributed by atoms with Crippen LogP contribution in [0.4, 0.5) is 0 Å². The summed E-state index contributed by atoms with van der Waals surface area (Å²) < 4.78 is 0. The summed E-state index contributed by atoms with van der Waals surface area (Å²) in [5.74, 6) is 0. The molecule has 0 saturated carbocycles. The van der Waals surface area contributed by atoms with Crippen molar-refractivity contribution in [3.63, 3.8) is 0 Å². The van der Waals surface area contributed by atoms with Gasteiger partial charge in [-0.1, -0.05) is 5.57 Å². The zero-order chi connectivity index (χ0) is 12.5. The van der Waals surface area contributed by atoms with Crippen LogP contribution in [0.1, 0.15) is 27.8 Å². The Bertz CT molecular complexity index is 582. The fraction of sp³-hybridized carbons (Fsp3) is 0.188. The Balaban J connectivity index is 0.000000333. The Morgan fingerprint density at radius 2 is 1.43 bits per heavy atom. The molecule has 0 aliphatic heterocycles. The summed E-state index contributed by atoms with van der Waals surface area (Å²) in [6.07, 6.45) is 6.69. The molecule has 0 atom stereocenters. The summed E-state index contributed by atoms with van der Waals surface area (Å²) in [7, 11) is 0. The van der Waals surface area contributed by atoms with Crippen LogP contribution in [0, 0.1) is 6.92 Å². The quantitative estimate of drug-likeness (QED) is 0.479. The predicted octanol–water partition coefficient (Wildman–Crippen LogP) is -0.765. The summed E-state index contributed by atoms with van der Waals surface area (Å²) in [6.45, 7) is 6.08. The van der Waals surface area contributed by atoms with E-state index in [4.69, 9.17) is 0 Å². The summed E-state index contributed by atoms with van der Waals surface area (Å²) >= 11 is 3.64. The van der Waals surface area contributed by atoms with E-state index in [-0.39, 0.29) is 51.0 Å². The van der Waals surface area contributed by atoms with Gasteiger partial charge in [0, 0.05) is 4.88 Å². The molecule has 0 bridgehead atoms. The largest absolute Gasteiger partial charge is 3.00 e. The Hall–Kier alpha value is 0.213. The maximum absolute atomic E-state index is 3.89. The zero-order valence-corrected chi connectivity index (χ0v) is 17.3. The molecule has 0 saturated heterocycles. The Morgan fingerprint density at radius 1 is 0.905 bits per heavy atom. The van der Waals surface area contributed by atoms with Crippen LogP contribution >= 0.6 is 22.7 Å². The minimum Gasteiger partial charge on any atom is -1.00 e. The third-order valence-corrected chi connectivity index (χ3v) is 4.97. The SMILES string of the molecule is CC1=Cc2sccc2C1.[CH2-]C1=Cc2sccc2C1.[Cl-].[Cl-].[Zr+3]. The minimum atomic E-state index is 0. The maximum atomic E-state index is 3.89. The third-order valence-electron chi connectivity index (χ3n) is 3.16. The summed E-state index contributed by atoms with van der Waals surface area (Å²) in [5, 5.41) is 4.29. The molecule has 0 spiro atoms. The molecular formula is C16H15Cl2S2Zr. The number of hydrogen-bond donors (Lipinski definition) is 0. The topological polar surface area (TPSA) is 0 Å². The molecule has 0 amide bonds. The number of allylic oxidation sites excluding steroid dienone is 2. The van der Waals surface area contributed by atoms with Gasteiger partial charge >= 0.3 is 26.2 Å². The van der Waals surface area contributed by atoms with Crippen LogP contribution in [0.25, 0.3) is 12.2 Å². The number of fused-ring (bicyclic) bond motifs is 2. The second-order valence-corrected chi connectivity index (χ2v) is 6.66. The van der Waals surface area contributed by atoms with Gasteiger partial charge in [-0.05, 0) is 64.7 Å². The summed E-state index contributed by atoms with van der Waals surface area (Å²) in [5.41, 5.74) is 5.70. The van der Waals surface area contributed by atoms with Crippen LogP contribution in [-0.4, -0.2) is 0 Å². The van der Waals surface area contributed by atoms with Crippen molar-refractivity contribution >= 4 is 34.8 Å². The van der Waals surface area contributed by atoms with Gasteiger partial charge < -0.3 is 24.8 Å². The molecule has 109 valence electrons. The van der Waals surface area contributed by atoms with Gasteiger partial charge in [-0.15, -0.1) is 11.3 Å². The molecule has 5 heteroatoms. The Labute approximate surface area is 166 Å². The second-order valence-electron chi connectivity index (χ2n) is 4.77. The van der Waals surface area contributed by atoms with Crippen molar-refractivity contribution in [1.29, 1.82) is 0 Å². The fourth-order valence-electron chi connectivity index (χ4n) is 2.30. The standard InChI is InChI=1S/C8H8S.C8H7S.2ClH.Zr/c2*1-6-4-7-2-3-9-8(7)5-6;;;/h2-3,5H,4H2,1H3;2-3,5H,1,4H2;2*1H;/q;-1;;;+3/p-2. The molecule has 0 nitrogen and oxygen atoms in total. The van der Waals surface area contributed by atoms with Crippen molar-refractivity contribution in [3.8, 4) is 0 Å². The predicted molar refractivity (Wildman–Crippen MR) is 83.0 cm³/mol. The van der Waals surface area contributed by atoms with Crippen LogP contribution in [0.15, 0.2) is 34.0 Å². The van der Waals surface area contributed by atoms with E-state index in [1.54, 1.807) is 11.3 Å². The van der Waals surface area contributed by atoms with Crippen LogP contribution < -0.4 is 24.8 Å². The van der Waals surface area contributed by atoms with Gasteiger partial charge in [0.05, 0.1) is 0 Å². The van der Waals surface area contributed by atoms with E-state index < -0.39 is 0 Å². The van der Waals surface area contributed by atoms with Gasteiger partial charge in [-0.2, -0.15) is 17.4 Å². The molecule has 21 heavy (non-hydrogen) atoms. The average Bonchev–Trinajstić information content (AvgIpc) is 2.97. The molecular weight excluding hydrogens is 418 g/mol. The normalized spacial score (nSPS) is 13.2. The average molecular weight is 434 g/mol. The first-order valence-corrected chi connectivity index (χ1v) is 7.81. The van der Waals surface area contributed by atoms with E-state index in [1.807, 2.05) is 11.3 Å². The monoisotopic (exact) mass is 431 g/mol. The molecule has 0 unspecified atom stereocenters. The number of hydrogen-bond acceptors (Lipinski definition) is 2. The molecule has 2 aromatic heterocycles. The third kappa shape index (κ3) is 5.11. The van der Waals surface area contributed by atoms with Crippen molar-refractivity contribution in [1.82, 2.24) is 0 Å². The van der Waals surface area contributed by atoms with E-state index in [1.165, 1.54) is 38.4 Å². The first-order valence-electron chi connectivity index (χ1n) is 6.05. The van der Waals surface area contributed by atoms with Gasteiger partial charge in [-0.25, -0.2) is 12.5 Å². The first kappa shape index (κ1) is 21.2. The van der Waals surface area contributed by atoms with Crippen molar-refractivity contribution in [2.45, 2.75) is 19.8 Å². The van der Waals surface area contributed by atoms with Crippen LogP contribution in [0.5, 0.6) is 0 Å². The van der Waals surface area contributed by atoms with Crippen molar-refractivity contribution < 1.29 is 51.0 Å². The Morgan fingerprint density at radius 3 is 1.95 bits per heavy atom. The second kappa shape index (κ2) is 9.37. The number of rotatable bonds is 0. The Kier molecular flexibility index (Phi) is 9.47. The van der Waals surface area contributed by atoms with Gasteiger partial charge in [0.2, 0.25) is 0 Å². The van der Waals surface area contributed by atoms with E-state index in [2.05, 4.69) is 48.9 Å². The molecule has 2 aliphatic rings. The van der Waals surface area contributed by atoms with E-state index >= 15 is 0 Å². The molecule has 2 heterocycles. The number of halogens is 2. The van der Waals surface area contributed by atoms with Crippen molar-refractivity contribution in [2.24, 2.45) is 0 Å². The maximum Gasteiger partial charge on any atom is 3.00 e. The zero-order valence-electron chi connectivity index (χ0n) is 11.7. The van der Waals surface area contributed by atoms with Crippen molar-refractivity contribution in [3.05, 3.63) is 61.8 Å². The van der Waals surface area contributed by atoms with Crippen molar-refractivity contribution in [2.75, 3.05) is 0 Å². The first-order chi connectivity index (χ1) is 8.72. The van der Waals surface area contributed by atoms with Gasteiger partial charge in [0.15, 0.2) is 0 Å². The molecule has 0 aromatic carbocycles. The van der Waals surface area contributed by atoms with E-state index in [0.29, 0.717) is 0 Å². The van der Waals surface area contributed by atoms with E-state index in [0.717, 1.165) is 6.42 Å². The molecule has 0 N–H and O–H groups in total. The van der Waals surface area contributed by atoms with Crippen LogP contribution in [0.2, 0.25) is 0 Å². The van der Waals surface area contributed by atoms with E-state index in [9.17, 15) is 0 Å². The fourth-order valence-corrected chi connectivity index (χ4v) is 4.14. The molecule has 2 aromatic rings. The summed E-state index contributed by atoms with van der Waals surface area (Å²) in [4.78, 5) is 2.87. The van der Waals surface area contributed by atoms with Gasteiger partial charge in [0.25, 0.3) is 0 Å². The minimum absolute atomic E-state index is 0.